The van der Waals surface area contributed by atoms with Gasteiger partial charge in [-0.15, -0.1) is 0 Å². The van der Waals surface area contributed by atoms with Gasteiger partial charge in [0.1, 0.15) is 0 Å². The molecule has 1 fully saturated rings. The smallest absolute Gasteiger partial charge is 0.229 e. The quantitative estimate of drug-likeness (QED) is 0.775. The van der Waals surface area contributed by atoms with E-state index in [4.69, 9.17) is 0 Å². The van der Waals surface area contributed by atoms with Crippen LogP contribution in [0.3, 0.4) is 0 Å². The highest BCUT2D eigenvalue weighted by molar-refractivity contribution is 7.91. The van der Waals surface area contributed by atoms with E-state index in [1.54, 1.807) is 35.2 Å². The molecule has 0 atom stereocenters. The maximum Gasteiger partial charge on any atom is 0.229 e. The van der Waals surface area contributed by atoms with Gasteiger partial charge in [0.2, 0.25) is 11.8 Å². The summed E-state index contributed by atoms with van der Waals surface area (Å²) in [6, 6.07) is 8.18. The van der Waals surface area contributed by atoms with E-state index in [1.165, 1.54) is 11.3 Å². The van der Waals surface area contributed by atoms with Crippen LogP contribution in [0, 0.1) is 5.92 Å². The molecule has 7 nitrogen and oxygen atoms in total. The number of hydrogen-bond donors (Lipinski definition) is 1. The van der Waals surface area contributed by atoms with Crippen molar-refractivity contribution in [3.05, 3.63) is 40.9 Å². The van der Waals surface area contributed by atoms with E-state index < -0.39 is 9.84 Å². The van der Waals surface area contributed by atoms with E-state index in [9.17, 15) is 18.0 Å². The van der Waals surface area contributed by atoms with E-state index >= 15 is 0 Å². The van der Waals surface area contributed by atoms with Crippen LogP contribution < -0.4 is 5.32 Å². The number of aromatic nitrogens is 1. The highest BCUT2D eigenvalue weighted by Crippen LogP contribution is 2.33. The van der Waals surface area contributed by atoms with Gasteiger partial charge in [-0.05, 0) is 25.0 Å². The second-order valence-electron chi connectivity index (χ2n) is 7.10. The summed E-state index contributed by atoms with van der Waals surface area (Å²) in [4.78, 5) is 31.8. The summed E-state index contributed by atoms with van der Waals surface area (Å²) in [6.07, 6.45) is 2.44. The topological polar surface area (TPSA) is 96.4 Å². The van der Waals surface area contributed by atoms with Crippen LogP contribution in [0.1, 0.15) is 29.8 Å². The second-order valence-corrected chi connectivity index (χ2v) is 10.3. The summed E-state index contributed by atoms with van der Waals surface area (Å²) in [7, 11) is -3.47. The lowest BCUT2D eigenvalue weighted by Gasteiger charge is -2.26. The molecule has 2 aromatic rings. The number of carbonyl (C=O) groups excluding carboxylic acids is 2. The molecule has 1 N–H and O–H groups in total. The molecule has 0 bridgehead atoms. The average Bonchev–Trinajstić information content (AvgIpc) is 3.47. The third kappa shape index (κ3) is 4.25. The van der Waals surface area contributed by atoms with Crippen molar-refractivity contribution in [1.29, 1.82) is 0 Å². The Morgan fingerprint density at radius 1 is 1.21 bits per heavy atom. The maximum atomic E-state index is 12.5. The van der Waals surface area contributed by atoms with Gasteiger partial charge in [-0.2, -0.15) is 0 Å². The van der Waals surface area contributed by atoms with Crippen molar-refractivity contribution in [2.24, 2.45) is 5.92 Å². The minimum Gasteiger partial charge on any atom is -0.337 e. The number of nitrogens with one attached hydrogen (secondary N) is 1. The minimum atomic E-state index is -3.47. The number of nitrogens with zero attached hydrogens (tertiary/aromatic N) is 2. The molecule has 1 aromatic carbocycles. The molecule has 9 heteroatoms. The van der Waals surface area contributed by atoms with Crippen molar-refractivity contribution in [3.63, 3.8) is 0 Å². The van der Waals surface area contributed by atoms with Crippen LogP contribution in [0.4, 0.5) is 5.13 Å². The zero-order chi connectivity index (χ0) is 19.7. The molecule has 0 unspecified atom stereocenters. The summed E-state index contributed by atoms with van der Waals surface area (Å²) < 4.78 is 24.7. The van der Waals surface area contributed by atoms with E-state index in [2.05, 4.69) is 10.3 Å². The van der Waals surface area contributed by atoms with Gasteiger partial charge in [0, 0.05) is 30.2 Å². The summed E-state index contributed by atoms with van der Waals surface area (Å²) in [5, 5.41) is 3.44. The van der Waals surface area contributed by atoms with E-state index in [1.807, 2.05) is 0 Å². The number of hydrogen-bond acceptors (Lipinski definition) is 6. The summed E-state index contributed by atoms with van der Waals surface area (Å²) in [5.41, 5.74) is 0.914. The first-order valence-corrected chi connectivity index (χ1v) is 11.7. The Morgan fingerprint density at radius 2 is 1.96 bits per heavy atom. The number of thiazole rings is 1. The molecule has 2 aliphatic rings. The van der Waals surface area contributed by atoms with Crippen molar-refractivity contribution in [1.82, 2.24) is 9.88 Å². The van der Waals surface area contributed by atoms with Gasteiger partial charge >= 0.3 is 0 Å². The van der Waals surface area contributed by atoms with Crippen molar-refractivity contribution < 1.29 is 18.0 Å². The molecule has 148 valence electrons. The van der Waals surface area contributed by atoms with Crippen molar-refractivity contribution in [3.8, 4) is 0 Å². The molecule has 0 saturated heterocycles. The molecular formula is C19H21N3O4S2. The van der Waals surface area contributed by atoms with E-state index in [0.717, 1.165) is 23.4 Å². The van der Waals surface area contributed by atoms with Gasteiger partial charge in [-0.1, -0.05) is 29.5 Å². The highest BCUT2D eigenvalue weighted by atomic mass is 32.2. The zero-order valence-corrected chi connectivity index (χ0v) is 16.9. The Morgan fingerprint density at radius 3 is 2.68 bits per heavy atom. The number of fused-ring (bicyclic) bond motifs is 1. The predicted molar refractivity (Wildman–Crippen MR) is 106 cm³/mol. The Hall–Kier alpha value is -2.26. The molecule has 0 radical (unpaired) electrons. The van der Waals surface area contributed by atoms with Crippen LogP contribution >= 0.6 is 11.3 Å². The molecule has 1 saturated carbocycles. The first-order chi connectivity index (χ1) is 13.4. The average molecular weight is 420 g/mol. The normalized spacial score (nSPS) is 16.5. The van der Waals surface area contributed by atoms with Crippen LogP contribution in [0.25, 0.3) is 0 Å². The van der Waals surface area contributed by atoms with Crippen molar-refractivity contribution in [2.75, 3.05) is 17.6 Å². The number of rotatable bonds is 6. The number of carbonyl (C=O) groups is 2. The monoisotopic (exact) mass is 419 g/mol. The largest absolute Gasteiger partial charge is 0.337 e. The fourth-order valence-corrected chi connectivity index (χ4v) is 5.42. The third-order valence-corrected chi connectivity index (χ3v) is 7.68. The standard InChI is InChI=1S/C19H21N3O4S2/c23-17(9-11-28(25,26)14-4-2-1-3-5-14)22-10-8-15-16(12-22)27-19(20-15)21-18(24)13-6-7-13/h1-5,13H,6-12H2,(H,20,21,24). The van der Waals surface area contributed by atoms with Gasteiger partial charge in [-0.25, -0.2) is 13.4 Å². The van der Waals surface area contributed by atoms with Gasteiger partial charge < -0.3 is 10.2 Å². The molecular weight excluding hydrogens is 398 g/mol. The lowest BCUT2D eigenvalue weighted by atomic mass is 10.1. The molecule has 1 aliphatic heterocycles. The zero-order valence-electron chi connectivity index (χ0n) is 15.3. The summed E-state index contributed by atoms with van der Waals surface area (Å²) in [6.45, 7) is 0.924. The second kappa shape index (κ2) is 7.63. The molecule has 1 aromatic heterocycles. The highest BCUT2D eigenvalue weighted by Gasteiger charge is 2.31. The number of amides is 2. The van der Waals surface area contributed by atoms with Crippen molar-refractivity contribution in [2.45, 2.75) is 37.1 Å². The fourth-order valence-electron chi connectivity index (χ4n) is 3.14. The van der Waals surface area contributed by atoms with Crippen LogP contribution in [0.15, 0.2) is 35.2 Å². The van der Waals surface area contributed by atoms with E-state index in [0.29, 0.717) is 24.6 Å². The Balaban J connectivity index is 1.35. The molecule has 28 heavy (non-hydrogen) atoms. The van der Waals surface area contributed by atoms with Gasteiger partial charge in [0.15, 0.2) is 15.0 Å². The SMILES string of the molecule is O=C(Nc1nc2c(s1)CN(C(=O)CCS(=O)(=O)c1ccccc1)CC2)C1CC1. The predicted octanol–water partition coefficient (Wildman–Crippen LogP) is 2.24. The lowest BCUT2D eigenvalue weighted by molar-refractivity contribution is -0.131. The fraction of sp³-hybridized carbons (Fsp3) is 0.421. The van der Waals surface area contributed by atoms with Crippen LogP contribution in [-0.4, -0.2) is 42.4 Å². The maximum absolute atomic E-state index is 12.5. The molecule has 0 spiro atoms. The summed E-state index contributed by atoms with van der Waals surface area (Å²) in [5.74, 6) is -0.247. The Bertz CT molecular complexity index is 997. The van der Waals surface area contributed by atoms with E-state index in [-0.39, 0.29) is 34.8 Å². The van der Waals surface area contributed by atoms with Crippen molar-refractivity contribution >= 4 is 38.1 Å². The minimum absolute atomic E-state index is 0.0187. The van der Waals surface area contributed by atoms with Crippen LogP contribution in [-0.2, 0) is 32.4 Å². The molecule has 2 heterocycles. The molecule has 4 rings (SSSR count). The van der Waals surface area contributed by atoms with Gasteiger partial charge in [0.05, 0.1) is 22.9 Å². The first-order valence-electron chi connectivity index (χ1n) is 9.27. The first kappa shape index (κ1) is 19.1. The Labute approximate surface area is 167 Å². The summed E-state index contributed by atoms with van der Waals surface area (Å²) >= 11 is 1.40. The molecule has 2 amide bonds. The molecule has 1 aliphatic carbocycles. The lowest BCUT2D eigenvalue weighted by Crippen LogP contribution is -2.36. The number of anilines is 1. The number of benzene rings is 1. The third-order valence-electron chi connectivity index (χ3n) is 4.95. The van der Waals surface area contributed by atoms with Crippen LogP contribution in [0.2, 0.25) is 0 Å². The Kier molecular flexibility index (Phi) is 5.20. The van der Waals surface area contributed by atoms with Gasteiger partial charge in [-0.3, -0.25) is 9.59 Å². The van der Waals surface area contributed by atoms with Gasteiger partial charge in [0.25, 0.3) is 0 Å². The number of sulfone groups is 1. The van der Waals surface area contributed by atoms with Crippen LogP contribution in [0.5, 0.6) is 0 Å².